The fourth-order valence-electron chi connectivity index (χ4n) is 7.92. The Balaban J connectivity index is 0.000000832. The van der Waals surface area contributed by atoms with E-state index in [1.165, 1.54) is 11.1 Å². The van der Waals surface area contributed by atoms with Crippen LogP contribution >= 0.6 is 31.9 Å². The molecule has 19 heteroatoms. The number of allylic oxidation sites excluding steroid dienone is 6. The Morgan fingerprint density at radius 3 is 1.05 bits per heavy atom. The first-order valence-corrected chi connectivity index (χ1v) is 27.4. The van der Waals surface area contributed by atoms with Crippen LogP contribution in [0.15, 0.2) is 229 Å². The van der Waals surface area contributed by atoms with Crippen LogP contribution < -0.4 is 79.5 Å². The summed E-state index contributed by atoms with van der Waals surface area (Å²) in [6.45, 7) is 15.1. The first-order chi connectivity index (χ1) is 41.6. The van der Waals surface area contributed by atoms with Gasteiger partial charge in [-0.05, 0) is 112 Å². The zero-order valence-electron chi connectivity index (χ0n) is 48.0. The Morgan fingerprint density at radius 2 is 0.750 bits per heavy atom. The van der Waals surface area contributed by atoms with Crippen molar-refractivity contribution in [3.05, 3.63) is 291 Å². The van der Waals surface area contributed by atoms with Crippen molar-refractivity contribution in [1.29, 1.82) is 36.8 Å². The molecule has 0 atom stereocenters. The summed E-state index contributed by atoms with van der Waals surface area (Å²) in [4.78, 5) is 21.8. The predicted octanol–water partition coefficient (Wildman–Crippen LogP) is 10.1. The van der Waals surface area contributed by atoms with Crippen LogP contribution in [-0.4, -0.2) is 6.47 Å². The molecule has 88 heavy (non-hydrogen) atoms. The van der Waals surface area contributed by atoms with E-state index in [0.29, 0.717) is 29.8 Å². The van der Waals surface area contributed by atoms with Crippen molar-refractivity contribution in [3.8, 4) is 42.5 Å². The molecule has 0 amide bonds. The van der Waals surface area contributed by atoms with Crippen molar-refractivity contribution in [3.63, 3.8) is 0 Å². The Morgan fingerprint density at radius 1 is 0.455 bits per heavy atom. The molecule has 8 rings (SSSR count). The number of hydrogen-bond acceptors (Lipinski definition) is 13. The Bertz CT molecular complexity index is 3800. The van der Waals surface area contributed by atoms with Gasteiger partial charge in [-0.3, -0.25) is 4.79 Å². The summed E-state index contributed by atoms with van der Waals surface area (Å²) in [5.41, 5.74) is 11.4. The molecule has 8 aromatic carbocycles. The number of carbonyl (C=O) groups is 1. The van der Waals surface area contributed by atoms with E-state index in [1.807, 2.05) is 133 Å². The van der Waals surface area contributed by atoms with E-state index in [9.17, 15) is 26.3 Å². The number of carbonyl (C=O) groups excluding carboxylic acids is 1. The Kier molecular flexibility index (Phi) is 34.8. The molecule has 0 fully saturated rings. The standard InChI is InChI=1S/C42H26N8.C17H10N4.C8H8Br2.CH2O3.CH4.2Na.H/c1-48-42(28-47)41(27-46)34-18-22-39(23-19-34)50(37-10-6-3-7-11-37)30-32-14-12-31(13-15-32)29-49(36-8-4-2-5-9-36)38-20-16-33(17-21-38)40(26-45)35(24-43)25-44;1-20-17(12-19)16(11-18)13-7-9-15(10-8-13)21-14-5-3-2-4-6-14;9-5-7-1-2-8(6-10)4-3-7;2-1-4-3;;;;/h2-23H,29-30H2;2-10,21H;1-4H,5-6H2;1,3H;1H4;;;/q;;;;;2*+1;-1/p-1/b42-41-;17-16-;;;;;;. The van der Waals surface area contributed by atoms with Crippen molar-refractivity contribution in [2.75, 3.05) is 15.1 Å². The van der Waals surface area contributed by atoms with Gasteiger partial charge in [0.05, 0.1) is 54.1 Å². The van der Waals surface area contributed by atoms with Crippen molar-refractivity contribution in [1.82, 2.24) is 0 Å². The van der Waals surface area contributed by atoms with E-state index in [1.54, 1.807) is 72.8 Å². The zero-order chi connectivity index (χ0) is 61.2. The Hall–Kier alpha value is -9.82. The molecule has 0 unspecified atom stereocenters. The number of nitriles is 7. The minimum absolute atomic E-state index is 0. The van der Waals surface area contributed by atoms with Crippen LogP contribution in [0.4, 0.5) is 34.1 Å². The molecule has 0 aliphatic carbocycles. The smallest absolute Gasteiger partial charge is 1.00 e. The van der Waals surface area contributed by atoms with Crippen molar-refractivity contribution < 1.29 is 75.5 Å². The van der Waals surface area contributed by atoms with Crippen molar-refractivity contribution in [2.24, 2.45) is 0 Å². The van der Waals surface area contributed by atoms with Gasteiger partial charge in [-0.2, -0.15) is 26.3 Å². The number of para-hydroxylation sites is 3. The van der Waals surface area contributed by atoms with E-state index in [2.05, 4.69) is 110 Å². The second kappa shape index (κ2) is 41.3. The number of nitrogens with zero attached hydrogens (tertiary/aromatic N) is 11. The molecular formula is C69H50Br2N12Na2O3. The third kappa shape index (κ3) is 22.2. The van der Waals surface area contributed by atoms with Crippen LogP contribution in [0.5, 0.6) is 0 Å². The molecule has 8 aromatic rings. The molecule has 0 radical (unpaired) electrons. The average molecular weight is 1300 g/mol. The molecule has 0 heterocycles. The maximum Gasteiger partial charge on any atom is 1.00 e. The third-order valence-corrected chi connectivity index (χ3v) is 13.4. The minimum atomic E-state index is -0.238. The predicted molar refractivity (Wildman–Crippen MR) is 340 cm³/mol. The maximum absolute atomic E-state index is 9.60. The summed E-state index contributed by atoms with van der Waals surface area (Å²) >= 11 is 6.78. The summed E-state index contributed by atoms with van der Waals surface area (Å²) in [6, 6.07) is 81.0. The van der Waals surface area contributed by atoms with Gasteiger partial charge in [-0.15, -0.1) is 0 Å². The maximum atomic E-state index is 9.60. The summed E-state index contributed by atoms with van der Waals surface area (Å²) in [6.07, 6.45) is 0. The molecule has 0 saturated heterocycles. The number of alkyl halides is 2. The monoisotopic (exact) mass is 1300 g/mol. The zero-order valence-corrected chi connectivity index (χ0v) is 54.2. The van der Waals surface area contributed by atoms with Crippen LogP contribution in [0, 0.1) is 92.5 Å². The van der Waals surface area contributed by atoms with Gasteiger partial charge < -0.3 is 26.7 Å². The fourth-order valence-corrected chi connectivity index (χ4v) is 8.67. The summed E-state index contributed by atoms with van der Waals surface area (Å²) in [7, 11) is 0. The molecule has 420 valence electrons. The van der Waals surface area contributed by atoms with Crippen molar-refractivity contribution >= 4 is 89.2 Å². The normalized spacial score (nSPS) is 9.75. The number of benzene rings is 8. The quantitative estimate of drug-likeness (QED) is 0.0180. The molecule has 1 N–H and O–H groups in total. The third-order valence-electron chi connectivity index (χ3n) is 12.1. The van der Waals surface area contributed by atoms with E-state index < -0.39 is 0 Å². The number of rotatable bonds is 16. The first kappa shape index (κ1) is 74.3. The van der Waals surface area contributed by atoms with Crippen LogP contribution in [0.2, 0.25) is 0 Å². The number of halogens is 2. The number of hydrogen-bond donors (Lipinski definition) is 1. The van der Waals surface area contributed by atoms with E-state index >= 15 is 0 Å². The molecule has 0 aliphatic heterocycles. The molecule has 0 bridgehead atoms. The largest absolute Gasteiger partial charge is 1.00 e. The van der Waals surface area contributed by atoms with Crippen LogP contribution in [0.1, 0.15) is 47.8 Å². The van der Waals surface area contributed by atoms with Gasteiger partial charge in [-0.25, -0.2) is 20.2 Å². The molecule has 0 aromatic heterocycles. The van der Waals surface area contributed by atoms with Crippen LogP contribution in [0.25, 0.3) is 26.4 Å². The molecule has 0 aliphatic rings. The minimum Gasteiger partial charge on any atom is -1.00 e. The summed E-state index contributed by atoms with van der Waals surface area (Å²) in [5, 5.41) is 78.5. The van der Waals surface area contributed by atoms with Gasteiger partial charge in [0.15, 0.2) is 0 Å². The molecule has 0 saturated carbocycles. The number of anilines is 6. The molecule has 0 spiro atoms. The van der Waals surface area contributed by atoms with E-state index in [-0.39, 0.29) is 108 Å². The second-order valence-electron chi connectivity index (χ2n) is 17.3. The van der Waals surface area contributed by atoms with Crippen LogP contribution in [-0.2, 0) is 33.4 Å². The van der Waals surface area contributed by atoms with Crippen LogP contribution in [0.3, 0.4) is 0 Å². The average Bonchev–Trinajstić information content (AvgIpc) is 3.56. The summed E-state index contributed by atoms with van der Waals surface area (Å²) < 4.78 is 0. The van der Waals surface area contributed by atoms with Gasteiger partial charge >= 0.3 is 59.1 Å². The van der Waals surface area contributed by atoms with E-state index in [0.717, 1.165) is 55.9 Å². The topological polar surface area (TPSA) is 243 Å². The van der Waals surface area contributed by atoms with E-state index in [4.69, 9.17) is 33.7 Å². The SMILES string of the molecule is BrCc1ccc(CBr)cc1.C.O=CO[O-].[C-]#[N+]/C(C#N)=C(/C#N)c1ccc(N(Cc2ccc(CN(c3ccccc3)c3ccc(C(C#N)=C(C#N)C#N)cc3)cc2)c2ccccc2)cc1.[C-]#[N+]/C(C#N)=C(/C#N)c1ccc(Nc2ccccc2)cc1.[H-].[Na+].[Na+]. The fraction of sp³-hybridized carbons (Fsp3) is 0.0725. The molecule has 15 nitrogen and oxygen atoms in total. The second-order valence-corrected chi connectivity index (χ2v) is 18.4. The summed E-state index contributed by atoms with van der Waals surface area (Å²) in [5.74, 6) is 0. The Labute approximate surface area is 576 Å². The van der Waals surface area contributed by atoms with Crippen molar-refractivity contribution in [2.45, 2.75) is 31.2 Å². The van der Waals surface area contributed by atoms with Gasteiger partial charge in [0.25, 0.3) is 17.9 Å². The van der Waals surface area contributed by atoms with Gasteiger partial charge in [-0.1, -0.05) is 179 Å². The van der Waals surface area contributed by atoms with Gasteiger partial charge in [0.2, 0.25) is 0 Å². The van der Waals surface area contributed by atoms with Gasteiger partial charge in [0, 0.05) is 57.9 Å². The molecular weight excluding hydrogens is 1250 g/mol. The van der Waals surface area contributed by atoms with Gasteiger partial charge in [0.1, 0.15) is 23.8 Å². The number of nitrogens with one attached hydrogen (secondary N) is 1. The first-order valence-electron chi connectivity index (χ1n) is 25.2.